The molecule has 2 heterocycles. The number of ether oxygens (including phenoxy) is 1. The van der Waals surface area contributed by atoms with Crippen LogP contribution in [0.4, 0.5) is 0 Å². The van der Waals surface area contributed by atoms with E-state index in [0.717, 1.165) is 31.8 Å². The summed E-state index contributed by atoms with van der Waals surface area (Å²) < 4.78 is 5.02. The molecule has 98 valence electrons. The highest BCUT2D eigenvalue weighted by Crippen LogP contribution is 2.14. The number of nitrogens with one attached hydrogen (secondary N) is 2. The summed E-state index contributed by atoms with van der Waals surface area (Å²) in [6.45, 7) is 2.82. The van der Waals surface area contributed by atoms with Crippen LogP contribution in [0.25, 0.3) is 11.0 Å². The summed E-state index contributed by atoms with van der Waals surface area (Å²) in [6, 6.07) is 4.08. The zero-order valence-electron chi connectivity index (χ0n) is 10.9. The number of hydrogen-bond donors (Lipinski definition) is 2. The Labute approximate surface area is 108 Å². The minimum atomic E-state index is 0.869. The summed E-state index contributed by atoms with van der Waals surface area (Å²) in [7, 11) is 1.75. The second kappa shape index (κ2) is 7.13. The van der Waals surface area contributed by atoms with Gasteiger partial charge in [0.2, 0.25) is 0 Å². The molecule has 2 aromatic heterocycles. The Morgan fingerprint density at radius 2 is 2.28 bits per heavy atom. The number of aromatic amines is 1. The van der Waals surface area contributed by atoms with Gasteiger partial charge in [-0.2, -0.15) is 0 Å². The monoisotopic (exact) mass is 247 g/mol. The summed E-state index contributed by atoms with van der Waals surface area (Å²) in [5.41, 5.74) is 2.25. The number of hydrogen-bond acceptors (Lipinski definition) is 3. The zero-order chi connectivity index (χ0) is 12.6. The van der Waals surface area contributed by atoms with Crippen molar-refractivity contribution in [3.8, 4) is 0 Å². The Bertz CT molecular complexity index is 467. The molecule has 0 aliphatic heterocycles. The van der Waals surface area contributed by atoms with Crippen molar-refractivity contribution >= 4 is 11.0 Å². The topological polar surface area (TPSA) is 49.9 Å². The predicted octanol–water partition coefficient (Wildman–Crippen LogP) is 2.47. The van der Waals surface area contributed by atoms with Gasteiger partial charge in [-0.25, -0.2) is 4.98 Å². The predicted molar refractivity (Wildman–Crippen MR) is 73.5 cm³/mol. The molecule has 0 aromatic carbocycles. The average Bonchev–Trinajstić information content (AvgIpc) is 2.81. The van der Waals surface area contributed by atoms with Crippen LogP contribution in [0.5, 0.6) is 0 Å². The first-order chi connectivity index (χ1) is 8.92. The lowest BCUT2D eigenvalue weighted by molar-refractivity contribution is 0.192. The first-order valence-corrected chi connectivity index (χ1v) is 6.52. The van der Waals surface area contributed by atoms with Crippen LogP contribution in [-0.4, -0.2) is 30.2 Å². The van der Waals surface area contributed by atoms with E-state index in [9.17, 15) is 0 Å². The maximum Gasteiger partial charge on any atom is 0.137 e. The molecule has 0 fully saturated rings. The molecule has 0 bridgehead atoms. The van der Waals surface area contributed by atoms with E-state index in [2.05, 4.69) is 21.4 Å². The van der Waals surface area contributed by atoms with Gasteiger partial charge in [0.1, 0.15) is 5.65 Å². The molecule has 2 aromatic rings. The van der Waals surface area contributed by atoms with Crippen LogP contribution in [0.1, 0.15) is 24.8 Å². The van der Waals surface area contributed by atoms with Gasteiger partial charge >= 0.3 is 0 Å². The number of fused-ring (bicyclic) bond motifs is 1. The van der Waals surface area contributed by atoms with E-state index in [0.29, 0.717) is 0 Å². The van der Waals surface area contributed by atoms with Crippen LogP contribution >= 0.6 is 0 Å². The average molecular weight is 247 g/mol. The summed E-state index contributed by atoms with van der Waals surface area (Å²) in [4.78, 5) is 7.47. The van der Waals surface area contributed by atoms with Crippen LogP contribution in [0.3, 0.4) is 0 Å². The largest absolute Gasteiger partial charge is 0.385 e. The summed E-state index contributed by atoms with van der Waals surface area (Å²) >= 11 is 0. The van der Waals surface area contributed by atoms with Crippen molar-refractivity contribution in [3.63, 3.8) is 0 Å². The molecule has 0 radical (unpaired) electrons. The summed E-state index contributed by atoms with van der Waals surface area (Å²) in [6.07, 6.45) is 7.41. The highest BCUT2D eigenvalue weighted by molar-refractivity contribution is 5.79. The number of aromatic nitrogens is 2. The van der Waals surface area contributed by atoms with Crippen LogP contribution in [0.15, 0.2) is 24.5 Å². The van der Waals surface area contributed by atoms with Crippen molar-refractivity contribution < 1.29 is 4.74 Å². The molecule has 4 heteroatoms. The summed E-state index contributed by atoms with van der Waals surface area (Å²) in [5.74, 6) is 0. The van der Waals surface area contributed by atoms with E-state index in [-0.39, 0.29) is 0 Å². The zero-order valence-corrected chi connectivity index (χ0v) is 10.9. The number of nitrogens with zero attached hydrogens (tertiary/aromatic N) is 1. The van der Waals surface area contributed by atoms with Crippen molar-refractivity contribution in [2.45, 2.75) is 25.8 Å². The van der Waals surface area contributed by atoms with Crippen LogP contribution in [0.2, 0.25) is 0 Å². The lowest BCUT2D eigenvalue weighted by atomic mass is 10.2. The van der Waals surface area contributed by atoms with Gasteiger partial charge in [0.05, 0.1) is 0 Å². The normalized spacial score (nSPS) is 11.2. The third-order valence-electron chi connectivity index (χ3n) is 3.05. The van der Waals surface area contributed by atoms with Gasteiger partial charge in [-0.15, -0.1) is 0 Å². The van der Waals surface area contributed by atoms with Gasteiger partial charge in [0, 0.05) is 38.0 Å². The second-order valence-corrected chi connectivity index (χ2v) is 4.44. The molecule has 0 amide bonds. The SMILES string of the molecule is COCCCCCNCc1c[nH]c2ncccc12. The third kappa shape index (κ3) is 3.55. The molecule has 2 N–H and O–H groups in total. The standard InChI is InChI=1S/C14H21N3O/c1-18-9-4-2-3-7-15-10-12-11-17-14-13(12)6-5-8-16-14/h5-6,8,11,15H,2-4,7,9-10H2,1H3,(H,16,17). The maximum absolute atomic E-state index is 5.02. The van der Waals surface area contributed by atoms with E-state index >= 15 is 0 Å². The number of unbranched alkanes of at least 4 members (excludes halogenated alkanes) is 2. The van der Waals surface area contributed by atoms with E-state index in [4.69, 9.17) is 4.74 Å². The lowest BCUT2D eigenvalue weighted by Gasteiger charge is -2.03. The first-order valence-electron chi connectivity index (χ1n) is 6.52. The Hall–Kier alpha value is -1.39. The molecule has 18 heavy (non-hydrogen) atoms. The maximum atomic E-state index is 5.02. The smallest absolute Gasteiger partial charge is 0.137 e. The summed E-state index contributed by atoms with van der Waals surface area (Å²) in [5, 5.41) is 4.68. The van der Waals surface area contributed by atoms with Crippen molar-refractivity contribution in [1.29, 1.82) is 0 Å². The highest BCUT2D eigenvalue weighted by atomic mass is 16.5. The van der Waals surface area contributed by atoms with Gasteiger partial charge in [-0.05, 0) is 43.5 Å². The molecular weight excluding hydrogens is 226 g/mol. The fourth-order valence-corrected chi connectivity index (χ4v) is 2.06. The number of H-pyrrole nitrogens is 1. The third-order valence-corrected chi connectivity index (χ3v) is 3.05. The Balaban J connectivity index is 1.70. The molecule has 2 rings (SSSR count). The lowest BCUT2D eigenvalue weighted by Crippen LogP contribution is -2.14. The van der Waals surface area contributed by atoms with Crippen LogP contribution in [-0.2, 0) is 11.3 Å². The van der Waals surface area contributed by atoms with Crippen LogP contribution in [0, 0.1) is 0 Å². The van der Waals surface area contributed by atoms with E-state index in [1.54, 1.807) is 7.11 Å². The quantitative estimate of drug-likeness (QED) is 0.705. The number of pyridine rings is 1. The van der Waals surface area contributed by atoms with E-state index < -0.39 is 0 Å². The minimum absolute atomic E-state index is 0.869. The molecule has 0 spiro atoms. The fraction of sp³-hybridized carbons (Fsp3) is 0.500. The second-order valence-electron chi connectivity index (χ2n) is 4.44. The molecule has 0 aliphatic carbocycles. The Kier molecular flexibility index (Phi) is 5.17. The fourth-order valence-electron chi connectivity index (χ4n) is 2.06. The minimum Gasteiger partial charge on any atom is -0.385 e. The Morgan fingerprint density at radius 1 is 1.33 bits per heavy atom. The molecule has 0 saturated carbocycles. The van der Waals surface area contributed by atoms with Crippen LogP contribution < -0.4 is 5.32 Å². The van der Waals surface area contributed by atoms with Crippen molar-refractivity contribution in [2.24, 2.45) is 0 Å². The number of methoxy groups -OCH3 is 1. The van der Waals surface area contributed by atoms with Gasteiger partial charge in [0.25, 0.3) is 0 Å². The molecule has 0 saturated heterocycles. The van der Waals surface area contributed by atoms with Gasteiger partial charge in [-0.1, -0.05) is 0 Å². The van der Waals surface area contributed by atoms with Gasteiger partial charge in [-0.3, -0.25) is 0 Å². The first kappa shape index (κ1) is 13.1. The molecule has 0 aliphatic rings. The number of rotatable bonds is 8. The Morgan fingerprint density at radius 3 is 3.17 bits per heavy atom. The van der Waals surface area contributed by atoms with E-state index in [1.807, 2.05) is 18.5 Å². The van der Waals surface area contributed by atoms with Crippen molar-refractivity contribution in [2.75, 3.05) is 20.3 Å². The van der Waals surface area contributed by atoms with Crippen molar-refractivity contribution in [3.05, 3.63) is 30.1 Å². The van der Waals surface area contributed by atoms with Crippen molar-refractivity contribution in [1.82, 2.24) is 15.3 Å². The van der Waals surface area contributed by atoms with Gasteiger partial charge < -0.3 is 15.0 Å². The highest BCUT2D eigenvalue weighted by Gasteiger charge is 2.02. The van der Waals surface area contributed by atoms with Gasteiger partial charge in [0.15, 0.2) is 0 Å². The molecule has 0 atom stereocenters. The molecule has 4 nitrogen and oxygen atoms in total. The molecule has 0 unspecified atom stereocenters. The molecular formula is C14H21N3O. The van der Waals surface area contributed by atoms with E-state index in [1.165, 1.54) is 23.8 Å².